The molecule has 1 fully saturated rings. The van der Waals surface area contributed by atoms with Gasteiger partial charge in [-0.2, -0.15) is 5.26 Å². The Morgan fingerprint density at radius 2 is 2.48 bits per heavy atom. The maximum atomic E-state index is 11.8. The maximum Gasteiger partial charge on any atom is 0.330 e. The average Bonchev–Trinajstić information content (AvgIpc) is 2.85. The van der Waals surface area contributed by atoms with Crippen LogP contribution in [0.1, 0.15) is 12.6 Å². The highest BCUT2D eigenvalue weighted by atomic mass is 32.2. The second-order valence-corrected chi connectivity index (χ2v) is 5.00. The molecule has 0 bridgehead atoms. The molecule has 3 atom stereocenters. The molecule has 0 radical (unpaired) electrons. The molecule has 110 valence electrons. The molecule has 21 heavy (non-hydrogen) atoms. The van der Waals surface area contributed by atoms with E-state index in [1.807, 2.05) is 0 Å². The van der Waals surface area contributed by atoms with Crippen molar-refractivity contribution in [1.29, 1.82) is 5.26 Å². The Labute approximate surface area is 121 Å². The SMILES string of the molecule is N#CSc1cn([C@H]2C[C@H](N=[N+]=[N-])[C@@H](CO)O2)c(=O)[nH]c1=O. The average molecular weight is 310 g/mol. The standard InChI is InChI=1S/C10H10N6O4S/c11-4-21-7-2-16(10(19)13-9(7)18)8-1-5(14-15-12)6(3-17)20-8/h2,5-6,8,17H,1,3H2,(H,13,18,19)/t5-,6+,8+/m0/s1. The van der Waals surface area contributed by atoms with E-state index in [9.17, 15) is 14.7 Å². The lowest BCUT2D eigenvalue weighted by atomic mass is 10.1. The van der Waals surface area contributed by atoms with Crippen molar-refractivity contribution >= 4 is 11.8 Å². The van der Waals surface area contributed by atoms with Crippen molar-refractivity contribution in [2.24, 2.45) is 5.11 Å². The van der Waals surface area contributed by atoms with E-state index in [0.29, 0.717) is 11.8 Å². The minimum Gasteiger partial charge on any atom is -0.394 e. The van der Waals surface area contributed by atoms with Crippen LogP contribution >= 0.6 is 11.8 Å². The summed E-state index contributed by atoms with van der Waals surface area (Å²) < 4.78 is 6.56. The third kappa shape index (κ3) is 3.09. The molecule has 0 aromatic carbocycles. The van der Waals surface area contributed by atoms with Crippen molar-refractivity contribution < 1.29 is 9.84 Å². The smallest absolute Gasteiger partial charge is 0.330 e. The van der Waals surface area contributed by atoms with Gasteiger partial charge in [0.1, 0.15) is 16.5 Å². The molecule has 0 unspecified atom stereocenters. The molecule has 1 saturated heterocycles. The zero-order valence-corrected chi connectivity index (χ0v) is 11.4. The fourth-order valence-corrected chi connectivity index (χ4v) is 2.45. The van der Waals surface area contributed by atoms with E-state index in [2.05, 4.69) is 15.0 Å². The Bertz CT molecular complexity index is 730. The number of H-pyrrole nitrogens is 1. The highest BCUT2D eigenvalue weighted by Gasteiger charge is 2.35. The van der Waals surface area contributed by atoms with Crippen LogP contribution in [0.3, 0.4) is 0 Å². The number of ether oxygens (including phenoxy) is 1. The number of aromatic amines is 1. The third-order valence-electron chi connectivity index (χ3n) is 2.99. The molecule has 0 spiro atoms. The Balaban J connectivity index is 2.37. The van der Waals surface area contributed by atoms with Gasteiger partial charge in [0.25, 0.3) is 5.56 Å². The molecular formula is C10H10N6O4S. The van der Waals surface area contributed by atoms with E-state index < -0.39 is 29.6 Å². The number of nitrogens with one attached hydrogen (secondary N) is 1. The number of thioether (sulfide) groups is 1. The van der Waals surface area contributed by atoms with Gasteiger partial charge in [-0.25, -0.2) is 4.79 Å². The molecule has 0 saturated carbocycles. The molecule has 1 aliphatic rings. The van der Waals surface area contributed by atoms with Crippen molar-refractivity contribution in [2.75, 3.05) is 6.61 Å². The lowest BCUT2D eigenvalue weighted by Gasteiger charge is -2.14. The first kappa shape index (κ1) is 15.1. The highest BCUT2D eigenvalue weighted by molar-refractivity contribution is 8.03. The summed E-state index contributed by atoms with van der Waals surface area (Å²) in [5, 5.41) is 23.0. The van der Waals surface area contributed by atoms with E-state index in [1.165, 1.54) is 6.20 Å². The number of aliphatic hydroxyl groups is 1. The summed E-state index contributed by atoms with van der Waals surface area (Å²) in [6.07, 6.45) is -0.123. The number of rotatable bonds is 4. The van der Waals surface area contributed by atoms with Gasteiger partial charge in [-0.15, -0.1) is 0 Å². The largest absolute Gasteiger partial charge is 0.394 e. The zero-order valence-electron chi connectivity index (χ0n) is 10.5. The molecule has 1 aromatic heterocycles. The minimum atomic E-state index is -0.792. The number of nitrogens with zero attached hydrogens (tertiary/aromatic N) is 5. The molecule has 1 aromatic rings. The van der Waals surface area contributed by atoms with Crippen molar-refractivity contribution in [3.8, 4) is 5.40 Å². The normalized spacial score (nSPS) is 24.3. The number of nitriles is 1. The molecule has 10 nitrogen and oxygen atoms in total. The van der Waals surface area contributed by atoms with Crippen LogP contribution in [0.2, 0.25) is 0 Å². The molecule has 2 rings (SSSR count). The lowest BCUT2D eigenvalue weighted by Crippen LogP contribution is -2.33. The van der Waals surface area contributed by atoms with Gasteiger partial charge in [0.2, 0.25) is 0 Å². The second kappa shape index (κ2) is 6.47. The molecule has 1 aliphatic heterocycles. The molecule has 0 aliphatic carbocycles. The van der Waals surface area contributed by atoms with E-state index in [1.54, 1.807) is 5.40 Å². The first-order chi connectivity index (χ1) is 10.1. The van der Waals surface area contributed by atoms with Crippen molar-refractivity contribution in [3.05, 3.63) is 37.5 Å². The highest BCUT2D eigenvalue weighted by Crippen LogP contribution is 2.30. The summed E-state index contributed by atoms with van der Waals surface area (Å²) in [6.45, 7) is -0.363. The number of hydrogen-bond acceptors (Lipinski definition) is 7. The fourth-order valence-electron chi connectivity index (χ4n) is 2.04. The molecule has 2 N–H and O–H groups in total. The minimum absolute atomic E-state index is 0.0495. The van der Waals surface area contributed by atoms with Crippen LogP contribution in [0.4, 0.5) is 0 Å². The number of aromatic nitrogens is 2. The van der Waals surface area contributed by atoms with Crippen LogP contribution in [0.15, 0.2) is 25.8 Å². The van der Waals surface area contributed by atoms with Crippen molar-refractivity contribution in [1.82, 2.24) is 9.55 Å². The molecular weight excluding hydrogens is 300 g/mol. The predicted molar refractivity (Wildman–Crippen MR) is 71.3 cm³/mol. The molecule has 2 heterocycles. The summed E-state index contributed by atoms with van der Waals surface area (Å²) in [5.74, 6) is 0. The van der Waals surface area contributed by atoms with Crippen LogP contribution in [-0.2, 0) is 4.74 Å². The van der Waals surface area contributed by atoms with Gasteiger partial charge in [0.15, 0.2) is 0 Å². The topological polar surface area (TPSA) is 157 Å². The summed E-state index contributed by atoms with van der Waals surface area (Å²) in [7, 11) is 0. The number of azide groups is 1. The second-order valence-electron chi connectivity index (χ2n) is 4.17. The number of thiocyanates is 1. The molecule has 11 heteroatoms. The Morgan fingerprint density at radius 3 is 3.10 bits per heavy atom. The van der Waals surface area contributed by atoms with Crippen LogP contribution in [0.5, 0.6) is 0 Å². The van der Waals surface area contributed by atoms with Crippen LogP contribution < -0.4 is 11.2 Å². The number of hydrogen-bond donors (Lipinski definition) is 2. The van der Waals surface area contributed by atoms with Crippen LogP contribution in [0, 0.1) is 10.7 Å². The molecule has 0 amide bonds. The first-order valence-electron chi connectivity index (χ1n) is 5.82. The van der Waals surface area contributed by atoms with Gasteiger partial charge >= 0.3 is 5.69 Å². The predicted octanol–water partition coefficient (Wildman–Crippen LogP) is 0.0685. The maximum absolute atomic E-state index is 11.8. The summed E-state index contributed by atoms with van der Waals surface area (Å²) in [5.41, 5.74) is 7.10. The Hall–Kier alpha value is -2.25. The van der Waals surface area contributed by atoms with Gasteiger partial charge in [-0.1, -0.05) is 5.11 Å². The summed E-state index contributed by atoms with van der Waals surface area (Å²) in [6, 6.07) is -0.615. The van der Waals surface area contributed by atoms with E-state index >= 15 is 0 Å². The van der Waals surface area contributed by atoms with Gasteiger partial charge in [-0.3, -0.25) is 14.3 Å². The van der Waals surface area contributed by atoms with E-state index in [4.69, 9.17) is 15.5 Å². The van der Waals surface area contributed by atoms with Gasteiger partial charge < -0.3 is 9.84 Å². The summed E-state index contributed by atoms with van der Waals surface area (Å²) in [4.78, 5) is 28.1. The summed E-state index contributed by atoms with van der Waals surface area (Å²) >= 11 is 0.616. The zero-order chi connectivity index (χ0) is 15.4. The van der Waals surface area contributed by atoms with Gasteiger partial charge in [0.05, 0.1) is 18.8 Å². The Morgan fingerprint density at radius 1 is 1.71 bits per heavy atom. The van der Waals surface area contributed by atoms with E-state index in [-0.39, 0.29) is 17.9 Å². The quantitative estimate of drug-likeness (QED) is 0.263. The monoisotopic (exact) mass is 310 g/mol. The van der Waals surface area contributed by atoms with E-state index in [0.717, 1.165) is 4.57 Å². The van der Waals surface area contributed by atoms with Gasteiger partial charge in [-0.05, 0) is 17.3 Å². The Kier molecular flexibility index (Phi) is 4.66. The fraction of sp³-hybridized carbons (Fsp3) is 0.500. The van der Waals surface area contributed by atoms with Crippen LogP contribution in [0.25, 0.3) is 10.4 Å². The van der Waals surface area contributed by atoms with Gasteiger partial charge in [0, 0.05) is 17.5 Å². The van der Waals surface area contributed by atoms with Crippen molar-refractivity contribution in [2.45, 2.75) is 29.7 Å². The van der Waals surface area contributed by atoms with Crippen molar-refractivity contribution in [3.63, 3.8) is 0 Å². The third-order valence-corrected chi connectivity index (χ3v) is 3.59. The number of aliphatic hydroxyl groups excluding tert-OH is 1. The van der Waals surface area contributed by atoms with Crippen LogP contribution in [-0.4, -0.2) is 33.4 Å². The lowest BCUT2D eigenvalue weighted by molar-refractivity contribution is -0.0274. The first-order valence-corrected chi connectivity index (χ1v) is 6.64.